The van der Waals surface area contributed by atoms with Crippen LogP contribution in [0.1, 0.15) is 25.8 Å². The minimum Gasteiger partial charge on any atom is -0.504 e. The zero-order valence-electron chi connectivity index (χ0n) is 11.4. The molecule has 5 nitrogen and oxygen atoms in total. The summed E-state index contributed by atoms with van der Waals surface area (Å²) >= 11 is 0. The van der Waals surface area contributed by atoms with Crippen molar-refractivity contribution >= 4 is 5.91 Å². The Morgan fingerprint density at radius 2 is 2.05 bits per heavy atom. The van der Waals surface area contributed by atoms with Crippen LogP contribution in [0.5, 0.6) is 11.5 Å². The van der Waals surface area contributed by atoms with E-state index in [-0.39, 0.29) is 23.3 Å². The summed E-state index contributed by atoms with van der Waals surface area (Å²) in [5, 5.41) is 21.3. The topological polar surface area (TPSA) is 95.6 Å². The van der Waals surface area contributed by atoms with Crippen molar-refractivity contribution in [3.8, 4) is 11.5 Å². The van der Waals surface area contributed by atoms with Gasteiger partial charge in [-0.3, -0.25) is 4.79 Å². The summed E-state index contributed by atoms with van der Waals surface area (Å²) in [6.07, 6.45) is 1.44. The maximum absolute atomic E-state index is 11.7. The molecule has 1 aromatic carbocycles. The van der Waals surface area contributed by atoms with Gasteiger partial charge in [0.15, 0.2) is 11.5 Å². The lowest BCUT2D eigenvalue weighted by molar-refractivity contribution is -0.123. The van der Waals surface area contributed by atoms with Crippen molar-refractivity contribution in [1.82, 2.24) is 5.32 Å². The number of amides is 1. The molecule has 5 N–H and O–H groups in total. The van der Waals surface area contributed by atoms with Crippen LogP contribution >= 0.6 is 0 Å². The van der Waals surface area contributed by atoms with Gasteiger partial charge in [0.25, 0.3) is 0 Å². The minimum absolute atomic E-state index is 0.147. The molecule has 0 saturated carbocycles. The predicted molar refractivity (Wildman–Crippen MR) is 73.9 cm³/mol. The van der Waals surface area contributed by atoms with E-state index >= 15 is 0 Å². The van der Waals surface area contributed by atoms with Gasteiger partial charge in [-0.25, -0.2) is 0 Å². The molecule has 0 unspecified atom stereocenters. The second-order valence-corrected chi connectivity index (χ2v) is 4.78. The highest BCUT2D eigenvalue weighted by Crippen LogP contribution is 2.24. The van der Waals surface area contributed by atoms with Gasteiger partial charge in [0.05, 0.1) is 6.04 Å². The van der Waals surface area contributed by atoms with Gasteiger partial charge in [-0.1, -0.05) is 26.3 Å². The maximum Gasteiger partial charge on any atom is 0.237 e. The lowest BCUT2D eigenvalue weighted by Crippen LogP contribution is -2.45. The molecule has 0 aromatic heterocycles. The highest BCUT2D eigenvalue weighted by Gasteiger charge is 2.18. The van der Waals surface area contributed by atoms with Crippen LogP contribution in [-0.4, -0.2) is 28.7 Å². The Kier molecular flexibility index (Phi) is 5.63. The number of phenols is 2. The molecule has 5 heteroatoms. The van der Waals surface area contributed by atoms with Crippen molar-refractivity contribution in [2.75, 3.05) is 6.54 Å². The number of rotatable bonds is 6. The summed E-state index contributed by atoms with van der Waals surface area (Å²) in [5.74, 6) is -0.304. The van der Waals surface area contributed by atoms with Crippen molar-refractivity contribution in [3.05, 3.63) is 23.8 Å². The second kappa shape index (κ2) is 6.99. The molecule has 1 aromatic rings. The van der Waals surface area contributed by atoms with Crippen LogP contribution in [0, 0.1) is 5.92 Å². The summed E-state index contributed by atoms with van der Waals surface area (Å²) in [6, 6.07) is 4.13. The summed E-state index contributed by atoms with van der Waals surface area (Å²) in [7, 11) is 0. The molecule has 19 heavy (non-hydrogen) atoms. The molecular formula is C14H22N2O3. The van der Waals surface area contributed by atoms with E-state index in [2.05, 4.69) is 5.32 Å². The van der Waals surface area contributed by atoms with Crippen LogP contribution in [0.15, 0.2) is 18.2 Å². The van der Waals surface area contributed by atoms with Gasteiger partial charge in [-0.05, 0) is 30.0 Å². The highest BCUT2D eigenvalue weighted by molar-refractivity contribution is 5.81. The molecule has 0 aliphatic carbocycles. The molecule has 106 valence electrons. The first-order chi connectivity index (χ1) is 8.95. The van der Waals surface area contributed by atoms with E-state index in [0.717, 1.165) is 12.0 Å². The van der Waals surface area contributed by atoms with Gasteiger partial charge in [-0.2, -0.15) is 0 Å². The van der Waals surface area contributed by atoms with E-state index in [9.17, 15) is 15.0 Å². The van der Waals surface area contributed by atoms with E-state index < -0.39 is 6.04 Å². The Balaban J connectivity index is 2.41. The summed E-state index contributed by atoms with van der Waals surface area (Å²) in [5.41, 5.74) is 6.65. The van der Waals surface area contributed by atoms with E-state index in [1.807, 2.05) is 13.8 Å². The quantitative estimate of drug-likeness (QED) is 0.580. The Bertz CT molecular complexity index is 435. The van der Waals surface area contributed by atoms with Gasteiger partial charge in [0, 0.05) is 6.54 Å². The summed E-state index contributed by atoms with van der Waals surface area (Å²) in [4.78, 5) is 11.7. The Morgan fingerprint density at radius 1 is 1.37 bits per heavy atom. The fraction of sp³-hybridized carbons (Fsp3) is 0.500. The molecule has 0 aliphatic rings. The molecule has 1 amide bonds. The van der Waals surface area contributed by atoms with Crippen LogP contribution in [-0.2, 0) is 11.2 Å². The number of nitrogens with two attached hydrogens (primary N) is 1. The van der Waals surface area contributed by atoms with Crippen molar-refractivity contribution in [2.24, 2.45) is 11.7 Å². The zero-order chi connectivity index (χ0) is 14.4. The average Bonchev–Trinajstić information content (AvgIpc) is 2.40. The molecule has 0 saturated heterocycles. The smallest absolute Gasteiger partial charge is 0.237 e. The fourth-order valence-electron chi connectivity index (χ4n) is 1.68. The van der Waals surface area contributed by atoms with E-state index in [1.54, 1.807) is 6.07 Å². The average molecular weight is 266 g/mol. The van der Waals surface area contributed by atoms with Crippen molar-refractivity contribution < 1.29 is 15.0 Å². The molecule has 0 radical (unpaired) electrons. The molecule has 0 aliphatic heterocycles. The van der Waals surface area contributed by atoms with Crippen LogP contribution < -0.4 is 11.1 Å². The number of benzene rings is 1. The predicted octanol–water partition coefficient (Wildman–Crippen LogP) is 1.13. The normalized spacial score (nSPS) is 13.8. The molecule has 2 atom stereocenters. The third kappa shape index (κ3) is 4.44. The van der Waals surface area contributed by atoms with Crippen molar-refractivity contribution in [1.29, 1.82) is 0 Å². The van der Waals surface area contributed by atoms with Crippen LogP contribution in [0.3, 0.4) is 0 Å². The van der Waals surface area contributed by atoms with Gasteiger partial charge in [-0.15, -0.1) is 0 Å². The van der Waals surface area contributed by atoms with Crippen molar-refractivity contribution in [2.45, 2.75) is 32.7 Å². The Morgan fingerprint density at radius 3 is 2.63 bits per heavy atom. The minimum atomic E-state index is -0.488. The Labute approximate surface area is 113 Å². The number of aromatic hydroxyl groups is 2. The van der Waals surface area contributed by atoms with Crippen molar-refractivity contribution in [3.63, 3.8) is 0 Å². The number of nitrogens with one attached hydrogen (secondary N) is 1. The highest BCUT2D eigenvalue weighted by atomic mass is 16.3. The first-order valence-electron chi connectivity index (χ1n) is 6.49. The van der Waals surface area contributed by atoms with Gasteiger partial charge in [0.1, 0.15) is 0 Å². The lowest BCUT2D eigenvalue weighted by Gasteiger charge is -2.17. The van der Waals surface area contributed by atoms with Gasteiger partial charge >= 0.3 is 0 Å². The SMILES string of the molecule is CC[C@@H](C)[C@@H](N)C(=O)NCCc1ccc(O)c(O)c1. The molecule has 0 heterocycles. The molecule has 0 bridgehead atoms. The second-order valence-electron chi connectivity index (χ2n) is 4.78. The number of carbonyl (C=O) groups is 1. The van der Waals surface area contributed by atoms with E-state index in [0.29, 0.717) is 13.0 Å². The number of hydrogen-bond acceptors (Lipinski definition) is 4. The van der Waals surface area contributed by atoms with Crippen LogP contribution in [0.4, 0.5) is 0 Å². The number of hydrogen-bond donors (Lipinski definition) is 4. The fourth-order valence-corrected chi connectivity index (χ4v) is 1.68. The third-order valence-corrected chi connectivity index (χ3v) is 3.31. The zero-order valence-corrected chi connectivity index (χ0v) is 11.4. The first kappa shape index (κ1) is 15.3. The largest absolute Gasteiger partial charge is 0.504 e. The lowest BCUT2D eigenvalue weighted by atomic mass is 9.99. The maximum atomic E-state index is 11.7. The number of carbonyl (C=O) groups excluding carboxylic acids is 1. The standard InChI is InChI=1S/C14H22N2O3/c1-3-9(2)13(15)14(19)16-7-6-10-4-5-11(17)12(18)8-10/h4-5,8-9,13,17-18H,3,6-7,15H2,1-2H3,(H,16,19)/t9-,13-/m1/s1. The number of phenolic OH excluding ortho intramolecular Hbond substituents is 2. The molecule has 1 rings (SSSR count). The van der Waals surface area contributed by atoms with Gasteiger partial charge in [0.2, 0.25) is 5.91 Å². The first-order valence-corrected chi connectivity index (χ1v) is 6.49. The van der Waals surface area contributed by atoms with E-state index in [4.69, 9.17) is 5.73 Å². The van der Waals surface area contributed by atoms with E-state index in [1.165, 1.54) is 12.1 Å². The summed E-state index contributed by atoms with van der Waals surface area (Å²) < 4.78 is 0. The summed E-state index contributed by atoms with van der Waals surface area (Å²) in [6.45, 7) is 4.40. The monoisotopic (exact) mass is 266 g/mol. The van der Waals surface area contributed by atoms with Crippen LogP contribution in [0.25, 0.3) is 0 Å². The molecule has 0 spiro atoms. The Hall–Kier alpha value is -1.75. The third-order valence-electron chi connectivity index (χ3n) is 3.31. The van der Waals surface area contributed by atoms with Crippen LogP contribution in [0.2, 0.25) is 0 Å². The van der Waals surface area contributed by atoms with Gasteiger partial charge < -0.3 is 21.3 Å². The molecular weight excluding hydrogens is 244 g/mol. The molecule has 0 fully saturated rings.